The number of benzene rings is 1. The van der Waals surface area contributed by atoms with Gasteiger partial charge in [0.25, 0.3) is 0 Å². The van der Waals surface area contributed by atoms with Crippen molar-refractivity contribution < 1.29 is 23.4 Å². The standard InChI is InChI=1S/C9H8F2O3/c1-14-5-2-3-7(10)6(4-5)8(11)9(12)13/h2-4,8H,1H3,(H,12,13). The number of methoxy groups -OCH3 is 1. The van der Waals surface area contributed by atoms with Crippen LogP contribution in [0.2, 0.25) is 0 Å². The van der Waals surface area contributed by atoms with Gasteiger partial charge in [-0.1, -0.05) is 0 Å². The van der Waals surface area contributed by atoms with Gasteiger partial charge in [0.05, 0.1) is 7.11 Å². The van der Waals surface area contributed by atoms with E-state index in [0.717, 1.165) is 12.1 Å². The first-order chi connectivity index (χ1) is 6.56. The van der Waals surface area contributed by atoms with Crippen molar-refractivity contribution in [1.29, 1.82) is 0 Å². The smallest absolute Gasteiger partial charge is 0.343 e. The molecule has 0 aliphatic carbocycles. The number of halogens is 2. The maximum Gasteiger partial charge on any atom is 0.343 e. The van der Waals surface area contributed by atoms with Crippen LogP contribution in [0.25, 0.3) is 0 Å². The van der Waals surface area contributed by atoms with Gasteiger partial charge in [-0.25, -0.2) is 13.6 Å². The molecular formula is C9H8F2O3. The Bertz CT molecular complexity index is 352. The number of carbonyl (C=O) groups is 1. The zero-order valence-corrected chi connectivity index (χ0v) is 7.33. The predicted molar refractivity (Wildman–Crippen MR) is 44.4 cm³/mol. The molecule has 1 rings (SSSR count). The first-order valence-electron chi connectivity index (χ1n) is 3.76. The summed E-state index contributed by atoms with van der Waals surface area (Å²) in [5, 5.41) is 8.34. The molecule has 0 aromatic heterocycles. The van der Waals surface area contributed by atoms with Crippen molar-refractivity contribution in [3.05, 3.63) is 29.6 Å². The van der Waals surface area contributed by atoms with E-state index in [1.165, 1.54) is 13.2 Å². The molecule has 0 amide bonds. The molecule has 0 spiro atoms. The van der Waals surface area contributed by atoms with Crippen molar-refractivity contribution in [3.63, 3.8) is 0 Å². The molecule has 1 N–H and O–H groups in total. The Hall–Kier alpha value is -1.65. The number of carboxylic acids is 1. The molecule has 0 aliphatic heterocycles. The highest BCUT2D eigenvalue weighted by Gasteiger charge is 2.22. The molecule has 1 atom stereocenters. The molecule has 0 bridgehead atoms. The van der Waals surface area contributed by atoms with E-state index in [2.05, 4.69) is 0 Å². The summed E-state index contributed by atoms with van der Waals surface area (Å²) in [6.45, 7) is 0. The van der Waals surface area contributed by atoms with Crippen molar-refractivity contribution in [2.45, 2.75) is 6.17 Å². The second kappa shape index (κ2) is 4.04. The normalized spacial score (nSPS) is 12.2. The number of hydrogen-bond acceptors (Lipinski definition) is 2. The van der Waals surface area contributed by atoms with Gasteiger partial charge >= 0.3 is 5.97 Å². The average molecular weight is 202 g/mol. The van der Waals surface area contributed by atoms with Crippen molar-refractivity contribution in [3.8, 4) is 5.75 Å². The molecule has 0 fully saturated rings. The third kappa shape index (κ3) is 1.99. The van der Waals surface area contributed by atoms with Crippen molar-refractivity contribution in [1.82, 2.24) is 0 Å². The average Bonchev–Trinajstić information content (AvgIpc) is 2.17. The third-order valence-corrected chi connectivity index (χ3v) is 1.69. The second-order valence-electron chi connectivity index (χ2n) is 2.59. The molecule has 5 heteroatoms. The van der Waals surface area contributed by atoms with E-state index in [4.69, 9.17) is 9.84 Å². The van der Waals surface area contributed by atoms with Crippen LogP contribution in [0.1, 0.15) is 11.7 Å². The van der Waals surface area contributed by atoms with Gasteiger partial charge in [-0.05, 0) is 18.2 Å². The number of hydrogen-bond donors (Lipinski definition) is 1. The van der Waals surface area contributed by atoms with Gasteiger partial charge in [-0.3, -0.25) is 0 Å². The van der Waals surface area contributed by atoms with E-state index in [0.29, 0.717) is 0 Å². The monoisotopic (exact) mass is 202 g/mol. The van der Waals surface area contributed by atoms with E-state index in [-0.39, 0.29) is 5.75 Å². The van der Waals surface area contributed by atoms with Gasteiger partial charge in [0.15, 0.2) is 0 Å². The summed E-state index contributed by atoms with van der Waals surface area (Å²) in [5.74, 6) is -2.41. The number of aliphatic carboxylic acids is 1. The van der Waals surface area contributed by atoms with Gasteiger partial charge < -0.3 is 9.84 Å². The third-order valence-electron chi connectivity index (χ3n) is 1.69. The minimum atomic E-state index is -2.37. The van der Waals surface area contributed by atoms with Crippen LogP contribution in [0.15, 0.2) is 18.2 Å². The van der Waals surface area contributed by atoms with Crippen LogP contribution in [0.5, 0.6) is 5.75 Å². The Labute approximate surface area is 78.9 Å². The number of alkyl halides is 1. The SMILES string of the molecule is COc1ccc(F)c(C(F)C(=O)O)c1. The van der Waals surface area contributed by atoms with Crippen molar-refractivity contribution >= 4 is 5.97 Å². The van der Waals surface area contributed by atoms with Crippen LogP contribution >= 0.6 is 0 Å². The molecule has 0 heterocycles. The Morgan fingerprint density at radius 3 is 2.71 bits per heavy atom. The lowest BCUT2D eigenvalue weighted by Gasteiger charge is -2.06. The zero-order chi connectivity index (χ0) is 10.7. The predicted octanol–water partition coefficient (Wildman–Crippen LogP) is 1.93. The first-order valence-corrected chi connectivity index (χ1v) is 3.76. The fourth-order valence-electron chi connectivity index (χ4n) is 0.976. The largest absolute Gasteiger partial charge is 0.497 e. The quantitative estimate of drug-likeness (QED) is 0.814. The fraction of sp³-hybridized carbons (Fsp3) is 0.222. The molecule has 1 aromatic carbocycles. The summed E-state index contributed by atoms with van der Waals surface area (Å²) in [6.07, 6.45) is -2.37. The van der Waals surface area contributed by atoms with Gasteiger partial charge in [-0.2, -0.15) is 0 Å². The van der Waals surface area contributed by atoms with Crippen molar-refractivity contribution in [2.24, 2.45) is 0 Å². The fourth-order valence-corrected chi connectivity index (χ4v) is 0.976. The maximum atomic E-state index is 13.0. The van der Waals surface area contributed by atoms with Gasteiger partial charge in [0.1, 0.15) is 11.6 Å². The lowest BCUT2D eigenvalue weighted by Crippen LogP contribution is -2.08. The summed E-state index contributed by atoms with van der Waals surface area (Å²) in [6, 6.07) is 3.27. The first kappa shape index (κ1) is 10.4. The van der Waals surface area contributed by atoms with E-state index < -0.39 is 23.5 Å². The van der Waals surface area contributed by atoms with E-state index >= 15 is 0 Å². The summed E-state index contributed by atoms with van der Waals surface area (Å²) < 4.78 is 30.6. The summed E-state index contributed by atoms with van der Waals surface area (Å²) >= 11 is 0. The second-order valence-corrected chi connectivity index (χ2v) is 2.59. The van der Waals surface area contributed by atoms with Gasteiger partial charge in [0, 0.05) is 5.56 Å². The minimum Gasteiger partial charge on any atom is -0.497 e. The number of carboxylic acid groups (broad SMARTS) is 1. The van der Waals surface area contributed by atoms with Crippen molar-refractivity contribution in [2.75, 3.05) is 7.11 Å². The summed E-state index contributed by atoms with van der Waals surface area (Å²) in [5.41, 5.74) is -0.531. The molecule has 3 nitrogen and oxygen atoms in total. The van der Waals surface area contributed by atoms with Crippen LogP contribution in [-0.2, 0) is 4.79 Å². The maximum absolute atomic E-state index is 13.0. The molecule has 0 radical (unpaired) electrons. The Morgan fingerprint density at radius 1 is 1.57 bits per heavy atom. The molecule has 1 aromatic rings. The van der Waals surface area contributed by atoms with Crippen LogP contribution in [-0.4, -0.2) is 18.2 Å². The zero-order valence-electron chi connectivity index (χ0n) is 7.33. The Kier molecular flexibility index (Phi) is 3.01. The topological polar surface area (TPSA) is 46.5 Å². The Morgan fingerprint density at radius 2 is 2.21 bits per heavy atom. The number of rotatable bonds is 3. The lowest BCUT2D eigenvalue weighted by atomic mass is 10.1. The molecule has 0 saturated carbocycles. The molecular weight excluding hydrogens is 194 g/mol. The molecule has 76 valence electrons. The highest BCUT2D eigenvalue weighted by molar-refractivity contribution is 5.74. The summed E-state index contributed by atoms with van der Waals surface area (Å²) in [4.78, 5) is 10.3. The highest BCUT2D eigenvalue weighted by atomic mass is 19.1. The molecule has 0 aliphatic rings. The molecule has 0 saturated heterocycles. The molecule has 14 heavy (non-hydrogen) atoms. The summed E-state index contributed by atoms with van der Waals surface area (Å²) in [7, 11) is 1.32. The van der Waals surface area contributed by atoms with E-state index in [9.17, 15) is 13.6 Å². The van der Waals surface area contributed by atoms with Gasteiger partial charge in [0.2, 0.25) is 6.17 Å². The number of ether oxygens (including phenoxy) is 1. The highest BCUT2D eigenvalue weighted by Crippen LogP contribution is 2.25. The van der Waals surface area contributed by atoms with Crippen LogP contribution < -0.4 is 4.74 Å². The van der Waals surface area contributed by atoms with Gasteiger partial charge in [-0.15, -0.1) is 0 Å². The van der Waals surface area contributed by atoms with E-state index in [1.54, 1.807) is 0 Å². The van der Waals surface area contributed by atoms with Crippen LogP contribution in [0, 0.1) is 5.82 Å². The Balaban J connectivity index is 3.11. The molecule has 1 unspecified atom stereocenters. The lowest BCUT2D eigenvalue weighted by molar-refractivity contribution is -0.143. The van der Waals surface area contributed by atoms with Crippen LogP contribution in [0.3, 0.4) is 0 Å². The van der Waals surface area contributed by atoms with E-state index in [1.807, 2.05) is 0 Å². The minimum absolute atomic E-state index is 0.213. The van der Waals surface area contributed by atoms with Crippen LogP contribution in [0.4, 0.5) is 8.78 Å².